The zero-order valence-electron chi connectivity index (χ0n) is 6.74. The number of aliphatic hydroxyl groups excluding tert-OH is 2. The van der Waals surface area contributed by atoms with E-state index in [1.807, 2.05) is 0 Å². The Morgan fingerprint density at radius 1 is 1.20 bits per heavy atom. The summed E-state index contributed by atoms with van der Waals surface area (Å²) in [5, 5.41) is 17.7. The van der Waals surface area contributed by atoms with Crippen LogP contribution in [-0.4, -0.2) is 35.1 Å². The first-order chi connectivity index (χ1) is 4.54. The summed E-state index contributed by atoms with van der Waals surface area (Å²) in [6.07, 6.45) is -1.13. The molecule has 0 bridgehead atoms. The van der Waals surface area contributed by atoms with Crippen molar-refractivity contribution in [1.82, 2.24) is 0 Å². The number of hydrogen-bond acceptors (Lipinski definition) is 3. The molecule has 10 heavy (non-hydrogen) atoms. The van der Waals surface area contributed by atoms with E-state index in [1.54, 1.807) is 20.8 Å². The second-order valence-corrected chi connectivity index (χ2v) is 2.63. The Morgan fingerprint density at radius 2 is 1.70 bits per heavy atom. The van der Waals surface area contributed by atoms with Crippen molar-refractivity contribution in [3.8, 4) is 0 Å². The van der Waals surface area contributed by atoms with E-state index in [0.717, 1.165) is 0 Å². The predicted octanol–water partition coefficient (Wildman–Crippen LogP) is 0.153. The fourth-order valence-corrected chi connectivity index (χ4v) is 0.430. The minimum Gasteiger partial charge on any atom is -0.391 e. The van der Waals surface area contributed by atoms with Gasteiger partial charge in [0.25, 0.3) is 0 Å². The maximum absolute atomic E-state index is 8.93. The van der Waals surface area contributed by atoms with Gasteiger partial charge in [0.05, 0.1) is 24.9 Å². The van der Waals surface area contributed by atoms with E-state index in [-0.39, 0.29) is 12.7 Å². The molecule has 0 aliphatic rings. The van der Waals surface area contributed by atoms with Crippen molar-refractivity contribution < 1.29 is 14.9 Å². The molecule has 0 aliphatic heterocycles. The first-order valence-electron chi connectivity index (χ1n) is 3.51. The van der Waals surface area contributed by atoms with E-state index < -0.39 is 12.2 Å². The minimum atomic E-state index is -0.473. The van der Waals surface area contributed by atoms with Crippen molar-refractivity contribution in [3.05, 3.63) is 0 Å². The van der Waals surface area contributed by atoms with Gasteiger partial charge < -0.3 is 14.9 Å². The van der Waals surface area contributed by atoms with Crippen molar-refractivity contribution in [1.29, 1.82) is 0 Å². The van der Waals surface area contributed by atoms with E-state index in [9.17, 15) is 0 Å². The quantitative estimate of drug-likeness (QED) is 0.596. The van der Waals surface area contributed by atoms with Gasteiger partial charge >= 0.3 is 0 Å². The van der Waals surface area contributed by atoms with E-state index >= 15 is 0 Å². The summed E-state index contributed by atoms with van der Waals surface area (Å²) in [7, 11) is 0. The highest BCUT2D eigenvalue weighted by atomic mass is 16.5. The standard InChI is InChI=1S/C7H16O3/c1-5(8)4-10-7(3)6(2)9/h5-9H,4H2,1-3H3. The van der Waals surface area contributed by atoms with Crippen LogP contribution < -0.4 is 0 Å². The normalized spacial score (nSPS) is 20.1. The predicted molar refractivity (Wildman–Crippen MR) is 38.8 cm³/mol. The summed E-state index contributed by atoms with van der Waals surface area (Å²) in [5.74, 6) is 0. The molecule has 3 atom stereocenters. The van der Waals surface area contributed by atoms with Gasteiger partial charge in [0.15, 0.2) is 0 Å². The largest absolute Gasteiger partial charge is 0.391 e. The molecular weight excluding hydrogens is 132 g/mol. The molecule has 0 heterocycles. The Hall–Kier alpha value is -0.120. The van der Waals surface area contributed by atoms with Gasteiger partial charge in [-0.05, 0) is 20.8 Å². The highest BCUT2D eigenvalue weighted by Gasteiger charge is 2.09. The Kier molecular flexibility index (Phi) is 4.60. The maximum Gasteiger partial charge on any atom is 0.0804 e. The zero-order chi connectivity index (χ0) is 8.15. The molecule has 0 aromatic rings. The minimum absolute atomic E-state index is 0.199. The van der Waals surface area contributed by atoms with Crippen LogP contribution in [0.15, 0.2) is 0 Å². The molecule has 3 heteroatoms. The van der Waals surface area contributed by atoms with Gasteiger partial charge in [-0.25, -0.2) is 0 Å². The highest BCUT2D eigenvalue weighted by molar-refractivity contribution is 4.57. The smallest absolute Gasteiger partial charge is 0.0804 e. The monoisotopic (exact) mass is 148 g/mol. The number of hydrogen-bond donors (Lipinski definition) is 2. The van der Waals surface area contributed by atoms with Gasteiger partial charge in [0.1, 0.15) is 0 Å². The van der Waals surface area contributed by atoms with Crippen molar-refractivity contribution in [2.75, 3.05) is 6.61 Å². The fraction of sp³-hybridized carbons (Fsp3) is 1.00. The van der Waals surface area contributed by atoms with E-state index in [1.165, 1.54) is 0 Å². The molecule has 2 N–H and O–H groups in total. The van der Waals surface area contributed by atoms with Crippen LogP contribution >= 0.6 is 0 Å². The van der Waals surface area contributed by atoms with Gasteiger partial charge in [-0.2, -0.15) is 0 Å². The molecule has 0 spiro atoms. The Bertz CT molecular complexity index is 80.9. The lowest BCUT2D eigenvalue weighted by Crippen LogP contribution is -2.26. The van der Waals surface area contributed by atoms with Gasteiger partial charge in [-0.3, -0.25) is 0 Å². The van der Waals surface area contributed by atoms with Crippen molar-refractivity contribution in [2.24, 2.45) is 0 Å². The summed E-state index contributed by atoms with van der Waals surface area (Å²) in [6, 6.07) is 0. The molecule has 0 rings (SSSR count). The lowest BCUT2D eigenvalue weighted by molar-refractivity contribution is -0.0476. The SMILES string of the molecule is CC(O)COC(C)C(C)O. The summed E-state index contributed by atoms with van der Waals surface area (Å²) in [5.41, 5.74) is 0. The topological polar surface area (TPSA) is 49.7 Å². The van der Waals surface area contributed by atoms with Crippen LogP contribution in [0, 0.1) is 0 Å². The Morgan fingerprint density at radius 3 is 2.00 bits per heavy atom. The first kappa shape index (κ1) is 9.88. The van der Waals surface area contributed by atoms with Crippen LogP contribution in [0.1, 0.15) is 20.8 Å². The Balaban J connectivity index is 3.30. The second-order valence-electron chi connectivity index (χ2n) is 2.63. The van der Waals surface area contributed by atoms with Crippen LogP contribution in [0.3, 0.4) is 0 Å². The second kappa shape index (κ2) is 4.66. The van der Waals surface area contributed by atoms with Crippen molar-refractivity contribution in [3.63, 3.8) is 0 Å². The summed E-state index contributed by atoms with van der Waals surface area (Å²) >= 11 is 0. The first-order valence-corrected chi connectivity index (χ1v) is 3.51. The molecule has 3 unspecified atom stereocenters. The molecule has 0 aromatic carbocycles. The van der Waals surface area contributed by atoms with Crippen molar-refractivity contribution in [2.45, 2.75) is 39.1 Å². The third-order valence-electron chi connectivity index (χ3n) is 1.28. The number of rotatable bonds is 4. The molecule has 3 nitrogen and oxygen atoms in total. The Labute approximate surface area is 61.6 Å². The molecule has 62 valence electrons. The zero-order valence-corrected chi connectivity index (χ0v) is 6.74. The van der Waals surface area contributed by atoms with E-state index in [4.69, 9.17) is 14.9 Å². The van der Waals surface area contributed by atoms with E-state index in [0.29, 0.717) is 0 Å². The third kappa shape index (κ3) is 4.73. The van der Waals surface area contributed by atoms with Crippen LogP contribution in [0.5, 0.6) is 0 Å². The third-order valence-corrected chi connectivity index (χ3v) is 1.28. The van der Waals surface area contributed by atoms with Crippen LogP contribution in [0.4, 0.5) is 0 Å². The molecule has 0 radical (unpaired) electrons. The lowest BCUT2D eigenvalue weighted by Gasteiger charge is -2.16. The molecule has 0 aromatic heterocycles. The molecule has 0 saturated heterocycles. The van der Waals surface area contributed by atoms with Gasteiger partial charge in [-0.1, -0.05) is 0 Å². The molecular formula is C7H16O3. The highest BCUT2D eigenvalue weighted by Crippen LogP contribution is 1.97. The van der Waals surface area contributed by atoms with Gasteiger partial charge in [0.2, 0.25) is 0 Å². The van der Waals surface area contributed by atoms with Crippen LogP contribution in [0.25, 0.3) is 0 Å². The van der Waals surface area contributed by atoms with Crippen molar-refractivity contribution >= 4 is 0 Å². The van der Waals surface area contributed by atoms with Crippen LogP contribution in [-0.2, 0) is 4.74 Å². The molecule has 0 amide bonds. The lowest BCUT2D eigenvalue weighted by atomic mass is 10.2. The van der Waals surface area contributed by atoms with Gasteiger partial charge in [0, 0.05) is 0 Å². The number of ether oxygens (including phenoxy) is 1. The summed E-state index contributed by atoms with van der Waals surface area (Å²) in [4.78, 5) is 0. The van der Waals surface area contributed by atoms with Gasteiger partial charge in [-0.15, -0.1) is 0 Å². The average molecular weight is 148 g/mol. The summed E-state index contributed by atoms with van der Waals surface area (Å²) < 4.78 is 5.06. The number of aliphatic hydroxyl groups is 2. The average Bonchev–Trinajstić information content (AvgIpc) is 1.82. The fourth-order valence-electron chi connectivity index (χ4n) is 0.430. The maximum atomic E-state index is 8.93. The van der Waals surface area contributed by atoms with Crippen LogP contribution in [0.2, 0.25) is 0 Å². The van der Waals surface area contributed by atoms with E-state index in [2.05, 4.69) is 0 Å². The molecule has 0 aliphatic carbocycles. The summed E-state index contributed by atoms with van der Waals surface area (Å²) in [6.45, 7) is 5.36. The molecule has 0 saturated carbocycles. The molecule has 0 fully saturated rings.